The number of ether oxygens (including phenoxy) is 1. The second-order valence-electron chi connectivity index (χ2n) is 10.9. The zero-order valence-electron chi connectivity index (χ0n) is 22.4. The molecule has 0 aliphatic carbocycles. The fraction of sp³-hybridized carbons (Fsp3) is 0.379. The quantitative estimate of drug-likeness (QED) is 0.151. The third-order valence-corrected chi connectivity index (χ3v) is 6.66. The number of phenols is 1. The number of phenolic OH excluding ortho intramolecular Hbond substituents is 1. The molecule has 0 saturated carbocycles. The highest BCUT2D eigenvalue weighted by atomic mass is 127. The molecule has 6 nitrogen and oxygen atoms in total. The van der Waals surface area contributed by atoms with Crippen LogP contribution in [0, 0.1) is 0 Å². The molecule has 0 radical (unpaired) electrons. The Labute approximate surface area is 241 Å². The maximum Gasteiger partial charge on any atom is 0.257 e. The van der Waals surface area contributed by atoms with Gasteiger partial charge in [0, 0.05) is 17.7 Å². The number of benzene rings is 2. The molecule has 2 aromatic carbocycles. The summed E-state index contributed by atoms with van der Waals surface area (Å²) in [5.74, 6) is 1.18. The van der Waals surface area contributed by atoms with Crippen LogP contribution in [-0.2, 0) is 22.0 Å². The molecule has 0 aliphatic rings. The van der Waals surface area contributed by atoms with Crippen molar-refractivity contribution in [2.24, 2.45) is 10.7 Å². The summed E-state index contributed by atoms with van der Waals surface area (Å²) in [6.07, 6.45) is 0.692. The zero-order valence-corrected chi connectivity index (χ0v) is 25.6. The molecule has 4 N–H and O–H groups in total. The van der Waals surface area contributed by atoms with Crippen molar-refractivity contribution in [2.45, 2.75) is 58.8 Å². The first-order valence-electron chi connectivity index (χ1n) is 12.1. The lowest BCUT2D eigenvalue weighted by atomic mass is 9.79. The molecule has 0 bridgehead atoms. The number of halogens is 1. The second-order valence-corrected chi connectivity index (χ2v) is 11.8. The zero-order chi connectivity index (χ0) is 26.5. The monoisotopic (exact) mass is 635 g/mol. The Morgan fingerprint density at radius 1 is 1.03 bits per heavy atom. The van der Waals surface area contributed by atoms with E-state index in [1.54, 1.807) is 11.3 Å². The Morgan fingerprint density at radius 2 is 1.62 bits per heavy atom. The van der Waals surface area contributed by atoms with E-state index in [1.807, 2.05) is 95.5 Å². The van der Waals surface area contributed by atoms with Gasteiger partial charge in [0.05, 0.1) is 10.6 Å². The number of aromatic hydroxyl groups is 1. The van der Waals surface area contributed by atoms with Crippen LogP contribution in [0.15, 0.2) is 58.9 Å². The lowest BCUT2D eigenvalue weighted by Gasteiger charge is -2.28. The van der Waals surface area contributed by atoms with Gasteiger partial charge in [-0.05, 0) is 58.5 Å². The average Bonchev–Trinajstić information content (AvgIpc) is 3.33. The van der Waals surface area contributed by atoms with Crippen LogP contribution < -0.4 is 15.8 Å². The molecule has 0 aliphatic heterocycles. The minimum absolute atomic E-state index is 0. The van der Waals surface area contributed by atoms with Crippen molar-refractivity contribution >= 4 is 52.7 Å². The molecule has 200 valence electrons. The van der Waals surface area contributed by atoms with Gasteiger partial charge >= 0.3 is 0 Å². The molecule has 8 heteroatoms. The number of hydrogen-bond acceptors (Lipinski definition) is 5. The normalized spacial score (nSPS) is 12.1. The molecule has 0 fully saturated rings. The summed E-state index contributed by atoms with van der Waals surface area (Å²) >= 11 is 1.56. The Morgan fingerprint density at radius 3 is 2.14 bits per heavy atom. The molecule has 0 saturated heterocycles. The number of nitrogens with zero attached hydrogens (tertiary/aromatic N) is 1. The molecular weight excluding hydrogens is 597 g/mol. The lowest BCUT2D eigenvalue weighted by molar-refractivity contribution is -0.123. The molecule has 1 aromatic heterocycles. The van der Waals surface area contributed by atoms with Crippen molar-refractivity contribution in [3.63, 3.8) is 0 Å². The number of hydrogen-bond donors (Lipinski definition) is 3. The Hall–Kier alpha value is -2.59. The van der Waals surface area contributed by atoms with Crippen molar-refractivity contribution in [3.8, 4) is 11.5 Å². The summed E-state index contributed by atoms with van der Waals surface area (Å²) in [5, 5.41) is 15.7. The van der Waals surface area contributed by atoms with E-state index in [9.17, 15) is 9.90 Å². The molecule has 0 unspecified atom stereocenters. The number of rotatable bonds is 8. The van der Waals surface area contributed by atoms with Crippen LogP contribution in [0.2, 0.25) is 0 Å². The number of amidine groups is 1. The maximum atomic E-state index is 12.4. The summed E-state index contributed by atoms with van der Waals surface area (Å²) in [7, 11) is 0. The first kappa shape index (κ1) is 30.6. The fourth-order valence-electron chi connectivity index (χ4n) is 3.74. The predicted octanol–water partition coefficient (Wildman–Crippen LogP) is 6.44. The summed E-state index contributed by atoms with van der Waals surface area (Å²) in [6.45, 7) is 12.7. The van der Waals surface area contributed by atoms with E-state index in [-0.39, 0.29) is 53.1 Å². The van der Waals surface area contributed by atoms with Gasteiger partial charge in [-0.3, -0.25) is 4.79 Å². The first-order chi connectivity index (χ1) is 16.8. The number of thiophene rings is 1. The predicted molar refractivity (Wildman–Crippen MR) is 164 cm³/mol. The van der Waals surface area contributed by atoms with Crippen LogP contribution in [-0.4, -0.2) is 30.0 Å². The largest absolute Gasteiger partial charge is 0.507 e. The van der Waals surface area contributed by atoms with Crippen LogP contribution in [0.3, 0.4) is 0 Å². The van der Waals surface area contributed by atoms with Gasteiger partial charge in [0.2, 0.25) is 0 Å². The van der Waals surface area contributed by atoms with Crippen LogP contribution in [0.25, 0.3) is 0 Å². The van der Waals surface area contributed by atoms with Crippen LogP contribution >= 0.6 is 35.3 Å². The highest BCUT2D eigenvalue weighted by molar-refractivity contribution is 14.0. The molecule has 3 rings (SSSR count). The van der Waals surface area contributed by atoms with Gasteiger partial charge in [-0.1, -0.05) is 59.7 Å². The Bertz CT molecular complexity index is 1170. The van der Waals surface area contributed by atoms with Gasteiger partial charge in [-0.15, -0.1) is 35.3 Å². The van der Waals surface area contributed by atoms with E-state index < -0.39 is 0 Å². The van der Waals surface area contributed by atoms with Gasteiger partial charge in [0.1, 0.15) is 17.3 Å². The van der Waals surface area contributed by atoms with Crippen LogP contribution in [0.1, 0.15) is 63.1 Å². The van der Waals surface area contributed by atoms with E-state index in [0.717, 1.165) is 27.3 Å². The molecule has 1 heterocycles. The van der Waals surface area contributed by atoms with Gasteiger partial charge < -0.3 is 20.9 Å². The molecule has 0 atom stereocenters. The molecule has 37 heavy (non-hydrogen) atoms. The molecule has 0 spiro atoms. The summed E-state index contributed by atoms with van der Waals surface area (Å²) in [5.41, 5.74) is 9.01. The van der Waals surface area contributed by atoms with E-state index >= 15 is 0 Å². The fourth-order valence-corrected chi connectivity index (χ4v) is 4.36. The van der Waals surface area contributed by atoms with E-state index in [1.165, 1.54) is 0 Å². The SMILES string of the molecule is CC(C)(C)c1cc(OCC(=O)NCCc2ccc(N=C(N)c3cccs3)cc2)cc(C(C)(C)C)c1O.I. The topological polar surface area (TPSA) is 96.9 Å². The number of nitrogens with two attached hydrogens (primary N) is 1. The van der Waals surface area contributed by atoms with Crippen molar-refractivity contribution in [1.82, 2.24) is 5.32 Å². The number of carbonyl (C=O) groups is 1. The average molecular weight is 636 g/mol. The van der Waals surface area contributed by atoms with Gasteiger partial charge in [-0.25, -0.2) is 4.99 Å². The maximum absolute atomic E-state index is 12.4. The molecule has 3 aromatic rings. The van der Waals surface area contributed by atoms with Gasteiger partial charge in [-0.2, -0.15) is 0 Å². The smallest absolute Gasteiger partial charge is 0.257 e. The van der Waals surface area contributed by atoms with E-state index in [2.05, 4.69) is 10.3 Å². The van der Waals surface area contributed by atoms with Crippen molar-refractivity contribution < 1.29 is 14.6 Å². The molecule has 1 amide bonds. The third-order valence-electron chi connectivity index (χ3n) is 5.76. The standard InChI is InChI=1S/C29H37N3O3S.HI/c1-28(2,3)22-16-21(17-23(26(22)34)29(4,5)6)35-18-25(33)31-14-13-19-9-11-20(12-10-19)32-27(30)24-8-7-15-36-24;/h7-12,15-17,34H,13-14,18H2,1-6H3,(H2,30,32)(H,31,33);1H. The summed E-state index contributed by atoms with van der Waals surface area (Å²) < 4.78 is 5.83. The minimum Gasteiger partial charge on any atom is -0.507 e. The Kier molecular flexibility index (Phi) is 10.6. The number of nitrogens with one attached hydrogen (secondary N) is 1. The molecular formula is C29H38IN3O3S. The van der Waals surface area contributed by atoms with Crippen molar-refractivity contribution in [1.29, 1.82) is 0 Å². The van der Waals surface area contributed by atoms with E-state index in [4.69, 9.17) is 10.5 Å². The second kappa shape index (κ2) is 12.8. The summed E-state index contributed by atoms with van der Waals surface area (Å²) in [6, 6.07) is 15.4. The number of aliphatic imine (C=N–C) groups is 1. The van der Waals surface area contributed by atoms with Crippen LogP contribution in [0.4, 0.5) is 5.69 Å². The van der Waals surface area contributed by atoms with E-state index in [0.29, 0.717) is 24.6 Å². The minimum atomic E-state index is -0.262. The highest BCUT2D eigenvalue weighted by Crippen LogP contribution is 2.41. The lowest BCUT2D eigenvalue weighted by Crippen LogP contribution is -2.30. The van der Waals surface area contributed by atoms with Crippen molar-refractivity contribution in [3.05, 3.63) is 75.5 Å². The van der Waals surface area contributed by atoms with Gasteiger partial charge in [0.15, 0.2) is 6.61 Å². The Balaban J connectivity index is 0.00000481. The first-order valence-corrected chi connectivity index (χ1v) is 13.0. The highest BCUT2D eigenvalue weighted by Gasteiger charge is 2.27. The van der Waals surface area contributed by atoms with Crippen molar-refractivity contribution in [2.75, 3.05) is 13.2 Å². The third kappa shape index (κ3) is 8.74. The van der Waals surface area contributed by atoms with Crippen LogP contribution in [0.5, 0.6) is 11.5 Å². The number of amides is 1. The summed E-state index contributed by atoms with van der Waals surface area (Å²) in [4.78, 5) is 17.8. The number of carbonyl (C=O) groups excluding carboxylic acids is 1. The van der Waals surface area contributed by atoms with Gasteiger partial charge in [0.25, 0.3) is 5.91 Å².